The molecule has 0 atom stereocenters. The molecule has 8 nitrogen and oxygen atoms in total. The zero-order valence-corrected chi connectivity index (χ0v) is 17.2. The zero-order valence-electron chi connectivity index (χ0n) is 15.5. The number of halogens is 2. The monoisotopic (exact) mass is 438 g/mol. The Balaban J connectivity index is 0.00000392. The molecule has 2 aromatic rings. The Labute approximate surface area is 181 Å². The number of amidine groups is 2. The van der Waals surface area contributed by atoms with Gasteiger partial charge in [-0.25, -0.2) is 0 Å². The minimum Gasteiger partial charge on any atom is -0.384 e. The zero-order chi connectivity index (χ0) is 19.8. The van der Waals surface area contributed by atoms with Crippen LogP contribution in [-0.4, -0.2) is 36.6 Å². The van der Waals surface area contributed by atoms with Crippen LogP contribution in [0.3, 0.4) is 0 Å². The smallest absolute Gasteiger partial charge is 0.251 e. The van der Waals surface area contributed by atoms with E-state index >= 15 is 0 Å². The lowest BCUT2D eigenvalue weighted by molar-refractivity contribution is 0.0951. The van der Waals surface area contributed by atoms with E-state index in [4.69, 9.17) is 22.3 Å². The van der Waals surface area contributed by atoms with Gasteiger partial charge in [-0.3, -0.25) is 20.4 Å². The summed E-state index contributed by atoms with van der Waals surface area (Å²) in [6, 6.07) is 12.9. The fraction of sp³-hybridized carbons (Fsp3) is 0.158. The highest BCUT2D eigenvalue weighted by molar-refractivity contribution is 5.99. The molecule has 0 heterocycles. The van der Waals surface area contributed by atoms with Gasteiger partial charge in [0, 0.05) is 35.3 Å². The van der Waals surface area contributed by atoms with Crippen molar-refractivity contribution < 1.29 is 9.59 Å². The number of hydrogen-bond acceptors (Lipinski definition) is 4. The summed E-state index contributed by atoms with van der Waals surface area (Å²) in [5.74, 6) is -0.547. The fourth-order valence-corrected chi connectivity index (χ4v) is 2.30. The van der Waals surface area contributed by atoms with Crippen molar-refractivity contribution in [3.05, 3.63) is 70.8 Å². The van der Waals surface area contributed by atoms with Crippen LogP contribution >= 0.6 is 24.8 Å². The molecule has 2 amide bonds. The standard InChI is InChI=1S/C19H22N6O2.2ClH/c20-16(21)12-2-6-14(7-3-12)18(26)24-10-1-11-25-19(27)15-8-4-13(5-9-15)17(22)23;;/h2-9H,1,10-11H2,(H3,20,21)(H3,22,23)(H,24,26)(H,25,27);2*1H. The van der Waals surface area contributed by atoms with Crippen molar-refractivity contribution in [2.45, 2.75) is 6.42 Å². The molecule has 0 saturated heterocycles. The Morgan fingerprint density at radius 2 is 0.931 bits per heavy atom. The SMILES string of the molecule is Cl.Cl.N=C(N)c1ccc(C(=O)NCCCNC(=O)c2ccc(C(=N)N)cc2)cc1. The number of amides is 2. The first-order chi connectivity index (χ1) is 12.9. The quantitative estimate of drug-likeness (QED) is 0.210. The third-order valence-electron chi connectivity index (χ3n) is 3.84. The van der Waals surface area contributed by atoms with Gasteiger partial charge in [-0.15, -0.1) is 24.8 Å². The minimum absolute atomic E-state index is 0. The van der Waals surface area contributed by atoms with Crippen molar-refractivity contribution in [2.75, 3.05) is 13.1 Å². The summed E-state index contributed by atoms with van der Waals surface area (Å²) in [6.45, 7) is 0.827. The van der Waals surface area contributed by atoms with Crippen LogP contribution in [0.4, 0.5) is 0 Å². The van der Waals surface area contributed by atoms with Crippen molar-refractivity contribution >= 4 is 48.3 Å². The van der Waals surface area contributed by atoms with Crippen LogP contribution < -0.4 is 22.1 Å². The molecule has 0 aromatic heterocycles. The Kier molecular flexibility index (Phi) is 11.1. The molecule has 0 unspecified atom stereocenters. The van der Waals surface area contributed by atoms with Crippen molar-refractivity contribution in [3.8, 4) is 0 Å². The highest BCUT2D eigenvalue weighted by Gasteiger charge is 2.07. The molecule has 0 aliphatic carbocycles. The molecule has 0 aliphatic heterocycles. The van der Waals surface area contributed by atoms with Gasteiger partial charge in [0.25, 0.3) is 11.8 Å². The lowest BCUT2D eigenvalue weighted by atomic mass is 10.1. The lowest BCUT2D eigenvalue weighted by Gasteiger charge is -2.08. The molecule has 156 valence electrons. The Morgan fingerprint density at radius 3 is 1.21 bits per heavy atom. The number of carbonyl (C=O) groups is 2. The summed E-state index contributed by atoms with van der Waals surface area (Å²) < 4.78 is 0. The van der Waals surface area contributed by atoms with E-state index in [1.54, 1.807) is 48.5 Å². The number of hydrogen-bond donors (Lipinski definition) is 6. The molecule has 8 N–H and O–H groups in total. The number of nitrogen functional groups attached to an aromatic ring is 2. The second kappa shape index (κ2) is 12.4. The molecule has 2 rings (SSSR count). The normalized spacial score (nSPS) is 9.38. The summed E-state index contributed by atoms with van der Waals surface area (Å²) in [6.07, 6.45) is 0.578. The van der Waals surface area contributed by atoms with Crippen molar-refractivity contribution in [1.82, 2.24) is 10.6 Å². The van der Waals surface area contributed by atoms with Crippen LogP contribution in [0.2, 0.25) is 0 Å². The van der Waals surface area contributed by atoms with E-state index in [-0.39, 0.29) is 48.3 Å². The van der Waals surface area contributed by atoms with Crippen LogP contribution in [0.15, 0.2) is 48.5 Å². The van der Waals surface area contributed by atoms with E-state index in [0.29, 0.717) is 41.8 Å². The van der Waals surface area contributed by atoms with E-state index in [1.807, 2.05) is 0 Å². The van der Waals surface area contributed by atoms with Gasteiger partial charge < -0.3 is 22.1 Å². The predicted octanol–water partition coefficient (Wildman–Crippen LogP) is 1.65. The third-order valence-corrected chi connectivity index (χ3v) is 3.84. The highest BCUT2D eigenvalue weighted by Crippen LogP contribution is 2.05. The maximum Gasteiger partial charge on any atom is 0.251 e. The lowest BCUT2D eigenvalue weighted by Crippen LogP contribution is -2.30. The first kappa shape index (κ1) is 25.9. The summed E-state index contributed by atoms with van der Waals surface area (Å²) >= 11 is 0. The van der Waals surface area contributed by atoms with Crippen LogP contribution in [0.5, 0.6) is 0 Å². The molecule has 29 heavy (non-hydrogen) atoms. The van der Waals surface area contributed by atoms with Gasteiger partial charge in [-0.1, -0.05) is 24.3 Å². The summed E-state index contributed by atoms with van der Waals surface area (Å²) in [5.41, 5.74) is 12.8. The number of carbonyl (C=O) groups excluding carboxylic acids is 2. The van der Waals surface area contributed by atoms with Gasteiger partial charge in [0.05, 0.1) is 0 Å². The molecular weight excluding hydrogens is 415 g/mol. The van der Waals surface area contributed by atoms with Crippen molar-refractivity contribution in [3.63, 3.8) is 0 Å². The molecule has 0 bridgehead atoms. The van der Waals surface area contributed by atoms with Gasteiger partial charge in [0.15, 0.2) is 0 Å². The van der Waals surface area contributed by atoms with Crippen LogP contribution in [0.25, 0.3) is 0 Å². The third kappa shape index (κ3) is 7.81. The maximum atomic E-state index is 12.0. The van der Waals surface area contributed by atoms with Gasteiger partial charge in [0.1, 0.15) is 11.7 Å². The van der Waals surface area contributed by atoms with Crippen LogP contribution in [0, 0.1) is 10.8 Å². The van der Waals surface area contributed by atoms with E-state index in [1.165, 1.54) is 0 Å². The van der Waals surface area contributed by atoms with Crippen LogP contribution in [-0.2, 0) is 0 Å². The van der Waals surface area contributed by atoms with E-state index in [0.717, 1.165) is 0 Å². The van der Waals surface area contributed by atoms with E-state index in [2.05, 4.69) is 10.6 Å². The van der Waals surface area contributed by atoms with Gasteiger partial charge in [-0.2, -0.15) is 0 Å². The fourth-order valence-electron chi connectivity index (χ4n) is 2.30. The number of rotatable bonds is 8. The summed E-state index contributed by atoms with van der Waals surface area (Å²) in [4.78, 5) is 24.0. The topological polar surface area (TPSA) is 158 Å². The largest absolute Gasteiger partial charge is 0.384 e. The Bertz CT molecular complexity index is 783. The van der Waals surface area contributed by atoms with Gasteiger partial charge >= 0.3 is 0 Å². The van der Waals surface area contributed by atoms with Crippen LogP contribution in [0.1, 0.15) is 38.3 Å². The molecule has 0 fully saturated rings. The molecule has 0 spiro atoms. The number of nitrogens with one attached hydrogen (secondary N) is 4. The number of nitrogens with two attached hydrogens (primary N) is 2. The predicted molar refractivity (Wildman–Crippen MR) is 119 cm³/mol. The van der Waals surface area contributed by atoms with Gasteiger partial charge in [-0.05, 0) is 30.7 Å². The average Bonchev–Trinajstić information content (AvgIpc) is 2.67. The molecular formula is C19H24Cl2N6O2. The molecule has 0 saturated carbocycles. The molecule has 10 heteroatoms. The minimum atomic E-state index is -0.226. The molecule has 0 aliphatic rings. The van der Waals surface area contributed by atoms with Gasteiger partial charge in [0.2, 0.25) is 0 Å². The van der Waals surface area contributed by atoms with Crippen molar-refractivity contribution in [1.29, 1.82) is 10.8 Å². The summed E-state index contributed by atoms with van der Waals surface area (Å²) in [5, 5.41) is 20.2. The first-order valence-corrected chi connectivity index (χ1v) is 8.34. The second-order valence-corrected chi connectivity index (χ2v) is 5.85. The average molecular weight is 439 g/mol. The molecule has 0 radical (unpaired) electrons. The summed E-state index contributed by atoms with van der Waals surface area (Å²) in [7, 11) is 0. The van der Waals surface area contributed by atoms with Crippen molar-refractivity contribution in [2.24, 2.45) is 11.5 Å². The highest BCUT2D eigenvalue weighted by atomic mass is 35.5. The number of benzene rings is 2. The Morgan fingerprint density at radius 1 is 0.655 bits per heavy atom. The van der Waals surface area contributed by atoms with E-state index < -0.39 is 0 Å². The maximum absolute atomic E-state index is 12.0. The first-order valence-electron chi connectivity index (χ1n) is 8.34. The molecule has 2 aromatic carbocycles. The Hall–Kier alpha value is -3.10. The second-order valence-electron chi connectivity index (χ2n) is 5.85. The van der Waals surface area contributed by atoms with E-state index in [9.17, 15) is 9.59 Å².